The molecule has 0 bridgehead atoms. The summed E-state index contributed by atoms with van der Waals surface area (Å²) in [5, 5.41) is 9.35. The molecule has 0 amide bonds. The maximum atomic E-state index is 6.76. The van der Waals surface area contributed by atoms with E-state index in [1.807, 2.05) is 59.9 Å². The van der Waals surface area contributed by atoms with Crippen LogP contribution in [0.15, 0.2) is 138 Å². The third-order valence-corrected chi connectivity index (χ3v) is 10.6. The fourth-order valence-corrected chi connectivity index (χ4v) is 8.55. The molecular formula is C41H22N4OS. The van der Waals surface area contributed by atoms with Gasteiger partial charge in [0.25, 0.3) is 0 Å². The van der Waals surface area contributed by atoms with Crippen molar-refractivity contribution < 1.29 is 4.42 Å². The Balaban J connectivity index is 1.40. The van der Waals surface area contributed by atoms with Crippen LogP contribution in [0, 0.1) is 0 Å². The summed E-state index contributed by atoms with van der Waals surface area (Å²) in [5.41, 5.74) is 5.63. The highest BCUT2D eigenvalue weighted by molar-refractivity contribution is 7.26. The van der Waals surface area contributed by atoms with Gasteiger partial charge in [-0.1, -0.05) is 109 Å². The molecule has 218 valence electrons. The first-order valence-electron chi connectivity index (χ1n) is 15.6. The van der Waals surface area contributed by atoms with Crippen LogP contribution in [0.2, 0.25) is 0 Å². The molecule has 4 aromatic heterocycles. The van der Waals surface area contributed by atoms with Crippen molar-refractivity contribution in [2.75, 3.05) is 0 Å². The largest absolute Gasteiger partial charge is 0.454 e. The standard InChI is InChI=1S/C41H22N4OS/c1-3-11-23(12-4-1)39-42-40(24-13-5-2-6-14-24)44-41(43-39)45-35-33-25(21-29-27-15-7-9-17-31(27)46-37(29)35)19-20-26-22-30-28-16-8-10-18-32(28)47-38(30)36(45)34(26)33/h1-22H. The fourth-order valence-electron chi connectivity index (χ4n) is 7.33. The molecular weight excluding hydrogens is 597 g/mol. The summed E-state index contributed by atoms with van der Waals surface area (Å²) in [7, 11) is 0. The van der Waals surface area contributed by atoms with Crippen molar-refractivity contribution in [3.8, 4) is 28.7 Å². The van der Waals surface area contributed by atoms with Gasteiger partial charge in [0.2, 0.25) is 5.95 Å². The lowest BCUT2D eigenvalue weighted by atomic mass is 9.98. The summed E-state index contributed by atoms with van der Waals surface area (Å²) in [5.74, 6) is 1.81. The van der Waals surface area contributed by atoms with Gasteiger partial charge >= 0.3 is 0 Å². The summed E-state index contributed by atoms with van der Waals surface area (Å²) in [6.45, 7) is 0. The molecule has 7 aromatic carbocycles. The molecule has 11 rings (SSSR count). The van der Waals surface area contributed by atoms with Crippen LogP contribution in [0.1, 0.15) is 0 Å². The molecule has 0 saturated heterocycles. The lowest BCUT2D eigenvalue weighted by Crippen LogP contribution is -2.06. The van der Waals surface area contributed by atoms with Crippen LogP contribution in [-0.2, 0) is 0 Å². The van der Waals surface area contributed by atoms with Crippen molar-refractivity contribution in [1.82, 2.24) is 19.5 Å². The predicted octanol–water partition coefficient (Wildman–Crippen LogP) is 11.2. The number of para-hydroxylation sites is 1. The van der Waals surface area contributed by atoms with E-state index in [1.54, 1.807) is 0 Å². The summed E-state index contributed by atoms with van der Waals surface area (Å²) in [6, 6.07) is 46.4. The maximum Gasteiger partial charge on any atom is 0.238 e. The molecule has 0 N–H and O–H groups in total. The monoisotopic (exact) mass is 618 g/mol. The summed E-state index contributed by atoms with van der Waals surface area (Å²) >= 11 is 1.82. The SMILES string of the molecule is c1ccc(-c2nc(-c3ccccc3)nc(-n3c4c5oc6ccccc6c5cc5ccc6cc7c8ccccc8sc7c3c6c54)n2)cc1. The number of rotatable bonds is 3. The average molecular weight is 619 g/mol. The van der Waals surface area contributed by atoms with Crippen molar-refractivity contribution >= 4 is 86.0 Å². The van der Waals surface area contributed by atoms with Crippen molar-refractivity contribution in [2.45, 2.75) is 0 Å². The van der Waals surface area contributed by atoms with Gasteiger partial charge in [-0.2, -0.15) is 9.97 Å². The maximum absolute atomic E-state index is 6.76. The van der Waals surface area contributed by atoms with Crippen molar-refractivity contribution in [2.24, 2.45) is 0 Å². The van der Waals surface area contributed by atoms with Gasteiger partial charge in [0, 0.05) is 48.1 Å². The van der Waals surface area contributed by atoms with E-state index in [2.05, 4.69) is 89.5 Å². The van der Waals surface area contributed by atoms with Crippen LogP contribution >= 0.6 is 11.3 Å². The highest BCUT2D eigenvalue weighted by atomic mass is 32.1. The van der Waals surface area contributed by atoms with Gasteiger partial charge in [0.15, 0.2) is 17.2 Å². The van der Waals surface area contributed by atoms with Crippen LogP contribution in [0.3, 0.4) is 0 Å². The van der Waals surface area contributed by atoms with E-state index in [9.17, 15) is 0 Å². The molecule has 0 aliphatic rings. The van der Waals surface area contributed by atoms with Gasteiger partial charge in [-0.15, -0.1) is 11.3 Å². The van der Waals surface area contributed by atoms with Gasteiger partial charge < -0.3 is 4.42 Å². The molecule has 0 aliphatic heterocycles. The Bertz CT molecular complexity index is 2810. The zero-order valence-corrected chi connectivity index (χ0v) is 25.6. The molecule has 0 aliphatic carbocycles. The number of hydrogen-bond acceptors (Lipinski definition) is 5. The second kappa shape index (κ2) is 9.22. The Hall–Kier alpha value is -6.11. The van der Waals surface area contributed by atoms with E-state index in [1.165, 1.54) is 30.9 Å². The van der Waals surface area contributed by atoms with E-state index >= 15 is 0 Å². The van der Waals surface area contributed by atoms with Gasteiger partial charge in [0.05, 0.1) is 10.2 Å². The van der Waals surface area contributed by atoms with E-state index in [-0.39, 0.29) is 0 Å². The minimum atomic E-state index is 0.564. The third-order valence-electron chi connectivity index (χ3n) is 9.38. The Morgan fingerprint density at radius 3 is 1.83 bits per heavy atom. The molecule has 0 unspecified atom stereocenters. The first-order valence-corrected chi connectivity index (χ1v) is 16.4. The zero-order chi connectivity index (χ0) is 30.6. The van der Waals surface area contributed by atoms with E-state index in [4.69, 9.17) is 19.4 Å². The van der Waals surface area contributed by atoms with E-state index in [0.717, 1.165) is 54.9 Å². The second-order valence-corrected chi connectivity index (χ2v) is 13.1. The Kier molecular flexibility index (Phi) is 4.93. The topological polar surface area (TPSA) is 56.7 Å². The smallest absolute Gasteiger partial charge is 0.238 e. The zero-order valence-electron chi connectivity index (χ0n) is 24.8. The lowest BCUT2D eigenvalue weighted by Gasteiger charge is -2.11. The number of hydrogen-bond donors (Lipinski definition) is 0. The van der Waals surface area contributed by atoms with Crippen LogP contribution in [0.5, 0.6) is 0 Å². The molecule has 5 nitrogen and oxygen atoms in total. The minimum Gasteiger partial charge on any atom is -0.454 e. The molecule has 6 heteroatoms. The molecule has 0 saturated carbocycles. The number of fused-ring (bicyclic) bond motifs is 8. The van der Waals surface area contributed by atoms with Gasteiger partial charge in [-0.25, -0.2) is 4.98 Å². The third kappa shape index (κ3) is 3.45. The number of aromatic nitrogens is 4. The predicted molar refractivity (Wildman–Crippen MR) is 194 cm³/mol. The number of nitrogens with zero attached hydrogens (tertiary/aromatic N) is 4. The Morgan fingerprint density at radius 2 is 1.11 bits per heavy atom. The van der Waals surface area contributed by atoms with Gasteiger partial charge in [-0.05, 0) is 35.0 Å². The van der Waals surface area contributed by atoms with E-state index < -0.39 is 0 Å². The molecule has 0 atom stereocenters. The molecule has 0 fully saturated rings. The molecule has 0 radical (unpaired) electrons. The first kappa shape index (κ1) is 25.1. The van der Waals surface area contributed by atoms with Crippen LogP contribution in [0.25, 0.3) is 103 Å². The van der Waals surface area contributed by atoms with Crippen molar-refractivity contribution in [1.29, 1.82) is 0 Å². The molecule has 47 heavy (non-hydrogen) atoms. The summed E-state index contributed by atoms with van der Waals surface area (Å²) in [4.78, 5) is 15.5. The highest BCUT2D eigenvalue weighted by Crippen LogP contribution is 2.49. The van der Waals surface area contributed by atoms with Gasteiger partial charge in [0.1, 0.15) is 11.1 Å². The Morgan fingerprint density at radius 1 is 0.511 bits per heavy atom. The number of furan rings is 1. The Labute approximate surface area is 271 Å². The molecule has 4 heterocycles. The molecule has 0 spiro atoms. The highest BCUT2D eigenvalue weighted by Gasteiger charge is 2.27. The molecule has 11 aromatic rings. The minimum absolute atomic E-state index is 0.564. The van der Waals surface area contributed by atoms with E-state index in [0.29, 0.717) is 17.6 Å². The van der Waals surface area contributed by atoms with Crippen LogP contribution < -0.4 is 0 Å². The van der Waals surface area contributed by atoms with Crippen molar-refractivity contribution in [3.63, 3.8) is 0 Å². The number of benzene rings is 7. The fraction of sp³-hybridized carbons (Fsp3) is 0. The number of thiophene rings is 1. The summed E-state index contributed by atoms with van der Waals surface area (Å²) < 4.78 is 11.5. The van der Waals surface area contributed by atoms with Crippen LogP contribution in [-0.4, -0.2) is 19.5 Å². The van der Waals surface area contributed by atoms with Gasteiger partial charge in [-0.3, -0.25) is 4.57 Å². The lowest BCUT2D eigenvalue weighted by molar-refractivity contribution is 0.671. The summed E-state index contributed by atoms with van der Waals surface area (Å²) in [6.07, 6.45) is 0. The first-order chi connectivity index (χ1) is 23.3. The average Bonchev–Trinajstić information content (AvgIpc) is 3.81. The van der Waals surface area contributed by atoms with Crippen LogP contribution in [0.4, 0.5) is 0 Å². The van der Waals surface area contributed by atoms with Crippen molar-refractivity contribution in [3.05, 3.63) is 133 Å². The quantitative estimate of drug-likeness (QED) is 0.185. The normalized spacial score (nSPS) is 12.3. The second-order valence-electron chi connectivity index (χ2n) is 12.0.